The van der Waals surface area contributed by atoms with Crippen molar-refractivity contribution in [3.8, 4) is 0 Å². The number of rotatable bonds is 6. The van der Waals surface area contributed by atoms with Gasteiger partial charge in [0.2, 0.25) is 0 Å². The summed E-state index contributed by atoms with van der Waals surface area (Å²) in [5.74, 6) is 0. The first-order valence-corrected chi connectivity index (χ1v) is 8.32. The van der Waals surface area contributed by atoms with Crippen LogP contribution in [0.2, 0.25) is 5.02 Å². The highest BCUT2D eigenvalue weighted by Crippen LogP contribution is 2.32. The van der Waals surface area contributed by atoms with E-state index in [2.05, 4.69) is 37.8 Å². The third-order valence-electron chi connectivity index (χ3n) is 4.78. The lowest BCUT2D eigenvalue weighted by Gasteiger charge is -2.36. The second kappa shape index (κ2) is 7.13. The minimum absolute atomic E-state index is 0.157. The molecular weight excluding hydrogens is 282 g/mol. The predicted molar refractivity (Wildman–Crippen MR) is 90.2 cm³/mol. The summed E-state index contributed by atoms with van der Waals surface area (Å²) in [5, 5.41) is 0.808. The zero-order valence-electron chi connectivity index (χ0n) is 13.7. The smallest absolute Gasteiger partial charge is 0.0618 e. The topological polar surface area (TPSA) is 12.5 Å². The highest BCUT2D eigenvalue weighted by atomic mass is 35.5. The van der Waals surface area contributed by atoms with Gasteiger partial charge in [-0.25, -0.2) is 0 Å². The van der Waals surface area contributed by atoms with Crippen molar-refractivity contribution in [2.75, 3.05) is 20.3 Å². The predicted octanol–water partition coefficient (Wildman–Crippen LogP) is 4.51. The van der Waals surface area contributed by atoms with Crippen LogP contribution in [0.25, 0.3) is 0 Å². The molecule has 0 aliphatic carbocycles. The van der Waals surface area contributed by atoms with Crippen molar-refractivity contribution >= 4 is 11.6 Å². The molecule has 0 radical (unpaired) electrons. The van der Waals surface area contributed by atoms with Gasteiger partial charge in [0.25, 0.3) is 0 Å². The molecule has 3 heteroatoms. The highest BCUT2D eigenvalue weighted by Gasteiger charge is 2.32. The number of benzene rings is 1. The average molecular weight is 310 g/mol. The van der Waals surface area contributed by atoms with Crippen LogP contribution in [-0.2, 0) is 10.2 Å². The lowest BCUT2D eigenvalue weighted by atomic mass is 9.79. The van der Waals surface area contributed by atoms with E-state index >= 15 is 0 Å². The van der Waals surface area contributed by atoms with E-state index in [-0.39, 0.29) is 5.41 Å². The number of likely N-dealkylation sites (tertiary alicyclic amines) is 1. The standard InChI is InChI=1S/C18H28ClNO/c1-14(20-11-5-6-17(20)13-21-4)12-18(2,3)15-7-9-16(19)10-8-15/h7-10,14,17H,5-6,11-13H2,1-4H3/t14?,17-/m1/s1. The third-order valence-corrected chi connectivity index (χ3v) is 5.03. The molecule has 2 rings (SSSR count). The van der Waals surface area contributed by atoms with Gasteiger partial charge in [-0.2, -0.15) is 0 Å². The van der Waals surface area contributed by atoms with Crippen molar-refractivity contribution in [1.29, 1.82) is 0 Å². The van der Waals surface area contributed by atoms with E-state index in [0.717, 1.165) is 18.1 Å². The number of halogens is 1. The van der Waals surface area contributed by atoms with Crippen LogP contribution in [0.4, 0.5) is 0 Å². The van der Waals surface area contributed by atoms with E-state index < -0.39 is 0 Å². The molecule has 1 unspecified atom stereocenters. The molecular formula is C18H28ClNO. The van der Waals surface area contributed by atoms with Crippen molar-refractivity contribution in [2.24, 2.45) is 0 Å². The van der Waals surface area contributed by atoms with Gasteiger partial charge in [-0.3, -0.25) is 4.90 Å². The quantitative estimate of drug-likeness (QED) is 0.766. The minimum atomic E-state index is 0.157. The van der Waals surface area contributed by atoms with Gasteiger partial charge in [-0.15, -0.1) is 0 Å². The Kier molecular flexibility index (Phi) is 5.70. The monoisotopic (exact) mass is 309 g/mol. The Balaban J connectivity index is 2.03. The molecule has 0 N–H and O–H groups in total. The zero-order chi connectivity index (χ0) is 15.5. The molecule has 1 aromatic rings. The molecule has 0 spiro atoms. The van der Waals surface area contributed by atoms with Crippen LogP contribution in [0, 0.1) is 0 Å². The average Bonchev–Trinajstić information content (AvgIpc) is 2.87. The molecule has 2 nitrogen and oxygen atoms in total. The van der Waals surface area contributed by atoms with Gasteiger partial charge >= 0.3 is 0 Å². The molecule has 0 aromatic heterocycles. The van der Waals surface area contributed by atoms with Crippen LogP contribution in [0.1, 0.15) is 45.6 Å². The first-order valence-electron chi connectivity index (χ1n) is 7.95. The molecule has 1 fully saturated rings. The van der Waals surface area contributed by atoms with Gasteiger partial charge in [0, 0.05) is 24.2 Å². The largest absolute Gasteiger partial charge is 0.383 e. The molecule has 2 atom stereocenters. The summed E-state index contributed by atoms with van der Waals surface area (Å²) in [5.41, 5.74) is 1.52. The normalized spacial score (nSPS) is 21.7. The minimum Gasteiger partial charge on any atom is -0.383 e. The molecule has 1 aromatic carbocycles. The van der Waals surface area contributed by atoms with Crippen molar-refractivity contribution in [3.63, 3.8) is 0 Å². The van der Waals surface area contributed by atoms with Crippen LogP contribution in [0.5, 0.6) is 0 Å². The fourth-order valence-corrected chi connectivity index (χ4v) is 3.81. The van der Waals surface area contributed by atoms with E-state index in [1.807, 2.05) is 12.1 Å². The summed E-state index contributed by atoms with van der Waals surface area (Å²) in [6.45, 7) is 9.06. The Morgan fingerprint density at radius 2 is 2.00 bits per heavy atom. The van der Waals surface area contributed by atoms with Crippen LogP contribution in [-0.4, -0.2) is 37.2 Å². The number of hydrogen-bond donors (Lipinski definition) is 0. The van der Waals surface area contributed by atoms with Crippen molar-refractivity contribution < 1.29 is 4.74 Å². The summed E-state index contributed by atoms with van der Waals surface area (Å²) in [4.78, 5) is 2.63. The second-order valence-corrected chi connectivity index (χ2v) is 7.37. The number of nitrogens with zero attached hydrogens (tertiary/aromatic N) is 1. The first-order chi connectivity index (χ1) is 9.94. The molecule has 118 valence electrons. The maximum atomic E-state index is 6.00. The lowest BCUT2D eigenvalue weighted by Crippen LogP contribution is -2.42. The second-order valence-electron chi connectivity index (χ2n) is 6.93. The summed E-state index contributed by atoms with van der Waals surface area (Å²) >= 11 is 6.00. The molecule has 1 aliphatic rings. The van der Waals surface area contributed by atoms with E-state index in [9.17, 15) is 0 Å². The maximum Gasteiger partial charge on any atom is 0.0618 e. The highest BCUT2D eigenvalue weighted by molar-refractivity contribution is 6.30. The van der Waals surface area contributed by atoms with E-state index in [4.69, 9.17) is 16.3 Å². The molecule has 1 heterocycles. The summed E-state index contributed by atoms with van der Waals surface area (Å²) in [7, 11) is 1.80. The Bertz CT molecular complexity index is 443. The maximum absolute atomic E-state index is 6.00. The van der Waals surface area contributed by atoms with E-state index in [1.165, 1.54) is 24.9 Å². The van der Waals surface area contributed by atoms with Gasteiger partial charge in [-0.05, 0) is 55.8 Å². The Hall–Kier alpha value is -0.570. The fraction of sp³-hybridized carbons (Fsp3) is 0.667. The van der Waals surface area contributed by atoms with Crippen LogP contribution in [0.3, 0.4) is 0 Å². The lowest BCUT2D eigenvalue weighted by molar-refractivity contribution is 0.0844. The molecule has 1 saturated heterocycles. The zero-order valence-corrected chi connectivity index (χ0v) is 14.5. The van der Waals surface area contributed by atoms with Crippen LogP contribution < -0.4 is 0 Å². The Morgan fingerprint density at radius 3 is 2.62 bits per heavy atom. The van der Waals surface area contributed by atoms with Crippen LogP contribution >= 0.6 is 11.6 Å². The molecule has 0 saturated carbocycles. The number of hydrogen-bond acceptors (Lipinski definition) is 2. The summed E-state index contributed by atoms with van der Waals surface area (Å²) in [6.07, 6.45) is 3.70. The molecule has 0 amide bonds. The SMILES string of the molecule is COC[C@H]1CCCN1C(C)CC(C)(C)c1ccc(Cl)cc1. The van der Waals surface area contributed by atoms with Crippen molar-refractivity contribution in [3.05, 3.63) is 34.9 Å². The molecule has 0 bridgehead atoms. The Labute approximate surface area is 134 Å². The van der Waals surface area contributed by atoms with Gasteiger partial charge < -0.3 is 4.74 Å². The van der Waals surface area contributed by atoms with Crippen molar-refractivity contribution in [2.45, 2.75) is 57.5 Å². The number of ether oxygens (including phenoxy) is 1. The summed E-state index contributed by atoms with van der Waals surface area (Å²) < 4.78 is 5.38. The van der Waals surface area contributed by atoms with Gasteiger partial charge in [0.1, 0.15) is 0 Å². The first kappa shape index (κ1) is 16.8. The van der Waals surface area contributed by atoms with Crippen molar-refractivity contribution in [1.82, 2.24) is 4.90 Å². The fourth-order valence-electron chi connectivity index (χ4n) is 3.68. The van der Waals surface area contributed by atoms with Gasteiger partial charge in [-0.1, -0.05) is 37.6 Å². The van der Waals surface area contributed by atoms with E-state index in [1.54, 1.807) is 7.11 Å². The molecule has 1 aliphatic heterocycles. The van der Waals surface area contributed by atoms with E-state index in [0.29, 0.717) is 12.1 Å². The Morgan fingerprint density at radius 1 is 1.33 bits per heavy atom. The van der Waals surface area contributed by atoms with Gasteiger partial charge in [0.15, 0.2) is 0 Å². The van der Waals surface area contributed by atoms with Gasteiger partial charge in [0.05, 0.1) is 6.61 Å². The third kappa shape index (κ3) is 4.21. The number of methoxy groups -OCH3 is 1. The summed E-state index contributed by atoms with van der Waals surface area (Å²) in [6, 6.07) is 9.46. The molecule has 21 heavy (non-hydrogen) atoms. The van der Waals surface area contributed by atoms with Crippen LogP contribution in [0.15, 0.2) is 24.3 Å².